The fourth-order valence-electron chi connectivity index (χ4n) is 1.46. The summed E-state index contributed by atoms with van der Waals surface area (Å²) in [6, 6.07) is 2.67. The number of benzene rings is 1. The van der Waals surface area contributed by atoms with Crippen molar-refractivity contribution in [2.24, 2.45) is 0 Å². The molecule has 0 aliphatic rings. The standard InChI is InChI=1S/C11H17FN2O2S/c1-8-6-10(7-9(2)11(8)12)17(15,16)14-5-4-13-3/h6-7,13-14H,4-5H2,1-3H3. The van der Waals surface area contributed by atoms with Crippen LogP contribution in [0, 0.1) is 19.7 Å². The molecule has 17 heavy (non-hydrogen) atoms. The zero-order valence-corrected chi connectivity index (χ0v) is 11.0. The van der Waals surface area contributed by atoms with Crippen LogP contribution in [0.3, 0.4) is 0 Å². The molecule has 0 aliphatic carbocycles. The second-order valence-electron chi connectivity index (χ2n) is 3.87. The molecule has 0 spiro atoms. The predicted octanol–water partition coefficient (Wildman–Crippen LogP) is 0.940. The van der Waals surface area contributed by atoms with Gasteiger partial charge >= 0.3 is 0 Å². The molecule has 1 aromatic rings. The summed E-state index contributed by atoms with van der Waals surface area (Å²) in [6.07, 6.45) is 0. The van der Waals surface area contributed by atoms with Gasteiger partial charge in [-0.15, -0.1) is 0 Å². The topological polar surface area (TPSA) is 58.2 Å². The average molecular weight is 260 g/mol. The monoisotopic (exact) mass is 260 g/mol. The minimum absolute atomic E-state index is 0.102. The molecule has 0 atom stereocenters. The van der Waals surface area contributed by atoms with Crippen molar-refractivity contribution in [3.05, 3.63) is 29.1 Å². The lowest BCUT2D eigenvalue weighted by molar-refractivity contribution is 0.577. The quantitative estimate of drug-likeness (QED) is 0.775. The van der Waals surface area contributed by atoms with Crippen LogP contribution in [0.4, 0.5) is 4.39 Å². The molecule has 0 radical (unpaired) electrons. The first-order valence-electron chi connectivity index (χ1n) is 5.29. The van der Waals surface area contributed by atoms with Crippen LogP contribution in [0.15, 0.2) is 17.0 Å². The zero-order chi connectivity index (χ0) is 13.1. The Morgan fingerprint density at radius 1 is 1.18 bits per heavy atom. The lowest BCUT2D eigenvalue weighted by Gasteiger charge is -2.09. The molecular weight excluding hydrogens is 243 g/mol. The van der Waals surface area contributed by atoms with Gasteiger partial charge in [-0.2, -0.15) is 0 Å². The molecule has 0 amide bonds. The first-order chi connectivity index (χ1) is 7.88. The van der Waals surface area contributed by atoms with Gasteiger partial charge in [-0.25, -0.2) is 17.5 Å². The van der Waals surface area contributed by atoms with Crippen LogP contribution in [0.1, 0.15) is 11.1 Å². The summed E-state index contributed by atoms with van der Waals surface area (Å²) in [6.45, 7) is 3.94. The van der Waals surface area contributed by atoms with E-state index in [1.807, 2.05) is 0 Å². The van der Waals surface area contributed by atoms with Gasteiger partial charge in [-0.3, -0.25) is 0 Å². The number of rotatable bonds is 5. The molecule has 2 N–H and O–H groups in total. The molecule has 0 saturated heterocycles. The van der Waals surface area contributed by atoms with E-state index in [2.05, 4.69) is 10.0 Å². The number of nitrogens with one attached hydrogen (secondary N) is 2. The van der Waals surface area contributed by atoms with Gasteiger partial charge < -0.3 is 5.32 Å². The molecule has 0 unspecified atom stereocenters. The van der Waals surface area contributed by atoms with Crippen molar-refractivity contribution in [1.29, 1.82) is 0 Å². The van der Waals surface area contributed by atoms with Crippen molar-refractivity contribution in [1.82, 2.24) is 10.0 Å². The number of likely N-dealkylation sites (N-methyl/N-ethyl adjacent to an activating group) is 1. The third-order valence-corrected chi connectivity index (χ3v) is 3.83. The van der Waals surface area contributed by atoms with E-state index in [0.29, 0.717) is 24.2 Å². The number of hydrogen-bond donors (Lipinski definition) is 2. The van der Waals surface area contributed by atoms with Gasteiger partial charge in [-0.05, 0) is 44.2 Å². The van der Waals surface area contributed by atoms with Crippen LogP contribution in [0.25, 0.3) is 0 Å². The van der Waals surface area contributed by atoms with E-state index in [-0.39, 0.29) is 10.7 Å². The van der Waals surface area contributed by atoms with Crippen molar-refractivity contribution in [2.75, 3.05) is 20.1 Å². The summed E-state index contributed by atoms with van der Waals surface area (Å²) in [5.74, 6) is -0.362. The second kappa shape index (κ2) is 5.57. The van der Waals surface area contributed by atoms with Crippen molar-refractivity contribution < 1.29 is 12.8 Å². The minimum Gasteiger partial charge on any atom is -0.318 e. The van der Waals surface area contributed by atoms with Gasteiger partial charge in [0.25, 0.3) is 0 Å². The second-order valence-corrected chi connectivity index (χ2v) is 5.64. The highest BCUT2D eigenvalue weighted by Crippen LogP contribution is 2.18. The summed E-state index contributed by atoms with van der Waals surface area (Å²) >= 11 is 0. The van der Waals surface area contributed by atoms with Crippen LogP contribution < -0.4 is 10.0 Å². The first-order valence-corrected chi connectivity index (χ1v) is 6.78. The molecule has 1 aromatic carbocycles. The molecule has 0 aromatic heterocycles. The fraction of sp³-hybridized carbons (Fsp3) is 0.455. The molecule has 0 saturated carbocycles. The summed E-state index contributed by atoms with van der Waals surface area (Å²) in [5.41, 5.74) is 0.665. The van der Waals surface area contributed by atoms with Crippen LogP contribution >= 0.6 is 0 Å². The summed E-state index contributed by atoms with van der Waals surface area (Å²) in [5, 5.41) is 2.84. The molecule has 0 fully saturated rings. The molecule has 4 nitrogen and oxygen atoms in total. The summed E-state index contributed by atoms with van der Waals surface area (Å²) < 4.78 is 39.5. The van der Waals surface area contributed by atoms with Crippen LogP contribution in [-0.2, 0) is 10.0 Å². The van der Waals surface area contributed by atoms with Crippen molar-refractivity contribution in [2.45, 2.75) is 18.7 Å². The average Bonchev–Trinajstić information content (AvgIpc) is 2.25. The van der Waals surface area contributed by atoms with Crippen LogP contribution in [0.2, 0.25) is 0 Å². The van der Waals surface area contributed by atoms with Gasteiger partial charge in [0.2, 0.25) is 10.0 Å². The molecule has 0 aliphatic heterocycles. The fourth-order valence-corrected chi connectivity index (χ4v) is 2.66. The Hall–Kier alpha value is -0.980. The van der Waals surface area contributed by atoms with Gasteiger partial charge in [0.1, 0.15) is 5.82 Å². The van der Waals surface area contributed by atoms with Crippen molar-refractivity contribution in [3.8, 4) is 0 Å². The molecule has 1 rings (SSSR count). The third-order valence-electron chi connectivity index (χ3n) is 2.39. The summed E-state index contributed by atoms with van der Waals surface area (Å²) in [7, 11) is -1.81. The Kier molecular flexibility index (Phi) is 4.62. The van der Waals surface area contributed by atoms with Crippen LogP contribution in [-0.4, -0.2) is 28.6 Å². The lowest BCUT2D eigenvalue weighted by Crippen LogP contribution is -2.30. The first kappa shape index (κ1) is 14.1. The largest absolute Gasteiger partial charge is 0.318 e. The van der Waals surface area contributed by atoms with E-state index in [0.717, 1.165) is 0 Å². The van der Waals surface area contributed by atoms with E-state index in [1.54, 1.807) is 20.9 Å². The highest BCUT2D eigenvalue weighted by molar-refractivity contribution is 7.89. The Labute approximate surface area is 101 Å². The maximum Gasteiger partial charge on any atom is 0.240 e. The molecule has 96 valence electrons. The van der Waals surface area contributed by atoms with E-state index in [1.165, 1.54) is 12.1 Å². The summed E-state index contributed by atoms with van der Waals surface area (Å²) in [4.78, 5) is 0.102. The van der Waals surface area contributed by atoms with Crippen molar-refractivity contribution in [3.63, 3.8) is 0 Å². The predicted molar refractivity (Wildman–Crippen MR) is 65.0 cm³/mol. The van der Waals surface area contributed by atoms with Crippen LogP contribution in [0.5, 0.6) is 0 Å². The van der Waals surface area contributed by atoms with E-state index in [9.17, 15) is 12.8 Å². The number of halogens is 1. The maximum atomic E-state index is 13.4. The molecular formula is C11H17FN2O2S. The van der Waals surface area contributed by atoms with Gasteiger partial charge in [0, 0.05) is 13.1 Å². The van der Waals surface area contributed by atoms with E-state index < -0.39 is 10.0 Å². The van der Waals surface area contributed by atoms with Gasteiger partial charge in [0.15, 0.2) is 0 Å². The lowest BCUT2D eigenvalue weighted by atomic mass is 10.1. The van der Waals surface area contributed by atoms with E-state index in [4.69, 9.17) is 0 Å². The number of hydrogen-bond acceptors (Lipinski definition) is 3. The Balaban J connectivity index is 2.99. The minimum atomic E-state index is -3.55. The highest BCUT2D eigenvalue weighted by atomic mass is 32.2. The third kappa shape index (κ3) is 3.49. The highest BCUT2D eigenvalue weighted by Gasteiger charge is 2.16. The molecule has 0 bridgehead atoms. The van der Waals surface area contributed by atoms with Crippen molar-refractivity contribution >= 4 is 10.0 Å². The van der Waals surface area contributed by atoms with Gasteiger partial charge in [-0.1, -0.05) is 0 Å². The molecule has 6 heteroatoms. The normalized spacial score (nSPS) is 11.8. The zero-order valence-electron chi connectivity index (χ0n) is 10.2. The van der Waals surface area contributed by atoms with Gasteiger partial charge in [0.05, 0.1) is 4.90 Å². The smallest absolute Gasteiger partial charge is 0.240 e. The maximum absolute atomic E-state index is 13.4. The number of sulfonamides is 1. The Morgan fingerprint density at radius 3 is 2.18 bits per heavy atom. The molecule has 0 heterocycles. The Bertz CT molecular complexity index is 477. The SMILES string of the molecule is CNCCNS(=O)(=O)c1cc(C)c(F)c(C)c1. The van der Waals surface area contributed by atoms with E-state index >= 15 is 0 Å². The Morgan fingerprint density at radius 2 is 1.71 bits per heavy atom. The number of aryl methyl sites for hydroxylation is 2.